The number of hydrogen-bond acceptors (Lipinski definition) is 3. The van der Waals surface area contributed by atoms with E-state index in [-0.39, 0.29) is 16.3 Å². The molecule has 0 fully saturated rings. The van der Waals surface area contributed by atoms with Crippen molar-refractivity contribution in [3.63, 3.8) is 0 Å². The molecule has 2 rings (SSSR count). The quantitative estimate of drug-likeness (QED) is 0.857. The average molecular weight is 359 g/mol. The molecular formula is C13H12BrFN2O2S. The number of nitrogens with zero attached hydrogens (tertiary/aromatic N) is 1. The summed E-state index contributed by atoms with van der Waals surface area (Å²) in [6.07, 6.45) is 0. The van der Waals surface area contributed by atoms with Crippen molar-refractivity contribution in [3.8, 4) is 0 Å². The third kappa shape index (κ3) is 2.64. The van der Waals surface area contributed by atoms with Crippen LogP contribution < -0.4 is 10.0 Å². The lowest BCUT2D eigenvalue weighted by Gasteiger charge is -2.20. The maximum absolute atomic E-state index is 13.7. The van der Waals surface area contributed by atoms with Crippen LogP contribution in [0.3, 0.4) is 0 Å². The summed E-state index contributed by atoms with van der Waals surface area (Å²) in [7, 11) is -2.63. The topological polar surface area (TPSA) is 63.4 Å². The Balaban J connectivity index is 2.53. The summed E-state index contributed by atoms with van der Waals surface area (Å²) in [5.41, 5.74) is 5.80. The van der Waals surface area contributed by atoms with Crippen LogP contribution in [0.1, 0.15) is 0 Å². The zero-order chi connectivity index (χ0) is 14.9. The Morgan fingerprint density at radius 1 is 1.20 bits per heavy atom. The molecule has 0 amide bonds. The molecule has 2 aromatic carbocycles. The number of anilines is 2. The molecule has 0 aromatic heterocycles. The molecular weight excluding hydrogens is 347 g/mol. The van der Waals surface area contributed by atoms with Gasteiger partial charge in [-0.05, 0) is 30.3 Å². The Morgan fingerprint density at radius 2 is 1.85 bits per heavy atom. The Labute approximate surface area is 125 Å². The molecule has 2 aromatic rings. The van der Waals surface area contributed by atoms with Gasteiger partial charge in [0, 0.05) is 11.5 Å². The Bertz CT molecular complexity index is 750. The third-order valence-corrected chi connectivity index (χ3v) is 5.14. The van der Waals surface area contributed by atoms with Gasteiger partial charge in [-0.25, -0.2) is 12.8 Å². The Kier molecular flexibility index (Phi) is 4.01. The van der Waals surface area contributed by atoms with Crippen LogP contribution >= 0.6 is 15.9 Å². The predicted octanol–water partition coefficient (Wildman–Crippen LogP) is 3.00. The van der Waals surface area contributed by atoms with Crippen LogP contribution in [0.15, 0.2) is 51.8 Å². The first-order chi connectivity index (χ1) is 9.34. The molecule has 0 radical (unpaired) electrons. The first kappa shape index (κ1) is 14.8. The van der Waals surface area contributed by atoms with Gasteiger partial charge in [-0.3, -0.25) is 4.31 Å². The van der Waals surface area contributed by atoms with E-state index in [1.165, 1.54) is 37.4 Å². The summed E-state index contributed by atoms with van der Waals surface area (Å²) in [4.78, 5) is -0.0635. The molecule has 20 heavy (non-hydrogen) atoms. The highest BCUT2D eigenvalue weighted by Gasteiger charge is 2.25. The lowest BCUT2D eigenvalue weighted by molar-refractivity contribution is 0.590. The van der Waals surface area contributed by atoms with E-state index in [1.807, 2.05) is 0 Å². The molecule has 0 saturated carbocycles. The highest BCUT2D eigenvalue weighted by Crippen LogP contribution is 2.29. The van der Waals surface area contributed by atoms with E-state index in [0.717, 1.165) is 4.31 Å². The SMILES string of the molecule is CN(c1ccccc1F)S(=O)(=O)c1ccc(Br)cc1N. The van der Waals surface area contributed by atoms with Gasteiger partial charge in [0.05, 0.1) is 11.4 Å². The van der Waals surface area contributed by atoms with Crippen LogP contribution in [0.25, 0.3) is 0 Å². The number of benzene rings is 2. The molecule has 0 bridgehead atoms. The minimum absolute atomic E-state index is 0.0326. The van der Waals surface area contributed by atoms with Gasteiger partial charge in [-0.1, -0.05) is 28.1 Å². The van der Waals surface area contributed by atoms with Crippen LogP contribution in [0.5, 0.6) is 0 Å². The fraction of sp³-hybridized carbons (Fsp3) is 0.0769. The zero-order valence-corrected chi connectivity index (χ0v) is 12.9. The van der Waals surface area contributed by atoms with Crippen LogP contribution in [-0.2, 0) is 10.0 Å². The van der Waals surface area contributed by atoms with Gasteiger partial charge >= 0.3 is 0 Å². The summed E-state index contributed by atoms with van der Waals surface area (Å²) in [5, 5.41) is 0. The zero-order valence-electron chi connectivity index (χ0n) is 10.5. The maximum atomic E-state index is 13.7. The second-order valence-electron chi connectivity index (χ2n) is 4.11. The molecule has 0 atom stereocenters. The smallest absolute Gasteiger partial charge is 0.266 e. The number of halogens is 2. The standard InChI is InChI=1S/C13H12BrFN2O2S/c1-17(12-5-3-2-4-10(12)15)20(18,19)13-7-6-9(14)8-11(13)16/h2-8H,16H2,1H3. The van der Waals surface area contributed by atoms with E-state index in [9.17, 15) is 12.8 Å². The lowest BCUT2D eigenvalue weighted by atomic mass is 10.3. The van der Waals surface area contributed by atoms with Crippen molar-refractivity contribution in [2.24, 2.45) is 0 Å². The van der Waals surface area contributed by atoms with Crippen molar-refractivity contribution in [2.75, 3.05) is 17.1 Å². The number of rotatable bonds is 3. The van der Waals surface area contributed by atoms with Gasteiger partial charge in [0.15, 0.2) is 0 Å². The number of nitrogens with two attached hydrogens (primary N) is 1. The fourth-order valence-electron chi connectivity index (χ4n) is 1.74. The van der Waals surface area contributed by atoms with Crippen LogP contribution in [0.4, 0.5) is 15.8 Å². The highest BCUT2D eigenvalue weighted by molar-refractivity contribution is 9.10. The van der Waals surface area contributed by atoms with Crippen LogP contribution in [0, 0.1) is 5.82 Å². The van der Waals surface area contributed by atoms with E-state index < -0.39 is 15.8 Å². The normalized spacial score (nSPS) is 11.3. The summed E-state index contributed by atoms with van der Waals surface area (Å²) in [5.74, 6) is -0.616. The molecule has 4 nitrogen and oxygen atoms in total. The van der Waals surface area contributed by atoms with Crippen molar-refractivity contribution in [1.82, 2.24) is 0 Å². The minimum Gasteiger partial charge on any atom is -0.398 e. The maximum Gasteiger partial charge on any atom is 0.266 e. The third-order valence-electron chi connectivity index (χ3n) is 2.80. The average Bonchev–Trinajstić information content (AvgIpc) is 2.38. The number of hydrogen-bond donors (Lipinski definition) is 1. The number of sulfonamides is 1. The lowest BCUT2D eigenvalue weighted by Crippen LogP contribution is -2.28. The molecule has 7 heteroatoms. The summed E-state index contributed by atoms with van der Waals surface area (Å²) < 4.78 is 40.2. The van der Waals surface area contributed by atoms with Gasteiger partial charge < -0.3 is 5.73 Å². The summed E-state index contributed by atoms with van der Waals surface area (Å²) in [6.45, 7) is 0. The van der Waals surface area contributed by atoms with Gasteiger partial charge in [-0.2, -0.15) is 0 Å². The predicted molar refractivity (Wildman–Crippen MR) is 80.5 cm³/mol. The molecule has 106 valence electrons. The molecule has 0 spiro atoms. The second kappa shape index (κ2) is 5.41. The Hall–Kier alpha value is -1.60. The minimum atomic E-state index is -3.91. The molecule has 0 saturated heterocycles. The summed E-state index contributed by atoms with van der Waals surface area (Å²) >= 11 is 3.21. The van der Waals surface area contributed by atoms with E-state index in [2.05, 4.69) is 15.9 Å². The van der Waals surface area contributed by atoms with E-state index >= 15 is 0 Å². The first-order valence-corrected chi connectivity index (χ1v) is 7.86. The van der Waals surface area contributed by atoms with Crippen LogP contribution in [0.2, 0.25) is 0 Å². The largest absolute Gasteiger partial charge is 0.398 e. The molecule has 0 aliphatic rings. The van der Waals surface area contributed by atoms with E-state index in [4.69, 9.17) is 5.73 Å². The Morgan fingerprint density at radius 3 is 2.45 bits per heavy atom. The van der Waals surface area contributed by atoms with Crippen molar-refractivity contribution < 1.29 is 12.8 Å². The number of para-hydroxylation sites is 1. The molecule has 2 N–H and O–H groups in total. The van der Waals surface area contributed by atoms with Gasteiger partial charge in [0.25, 0.3) is 10.0 Å². The number of nitrogen functional groups attached to an aromatic ring is 1. The first-order valence-electron chi connectivity index (χ1n) is 5.62. The molecule has 0 heterocycles. The van der Waals surface area contributed by atoms with E-state index in [1.54, 1.807) is 12.1 Å². The summed E-state index contributed by atoms with van der Waals surface area (Å²) in [6, 6.07) is 10.1. The van der Waals surface area contributed by atoms with E-state index in [0.29, 0.717) is 4.47 Å². The van der Waals surface area contributed by atoms with Crippen molar-refractivity contribution >= 4 is 37.3 Å². The van der Waals surface area contributed by atoms with Gasteiger partial charge in [0.2, 0.25) is 0 Å². The van der Waals surface area contributed by atoms with Crippen molar-refractivity contribution in [3.05, 3.63) is 52.8 Å². The van der Waals surface area contributed by atoms with Crippen LogP contribution in [-0.4, -0.2) is 15.5 Å². The monoisotopic (exact) mass is 358 g/mol. The van der Waals surface area contributed by atoms with Crippen molar-refractivity contribution in [1.29, 1.82) is 0 Å². The van der Waals surface area contributed by atoms with Gasteiger partial charge in [-0.15, -0.1) is 0 Å². The molecule has 0 aliphatic heterocycles. The molecule has 0 unspecified atom stereocenters. The van der Waals surface area contributed by atoms with Gasteiger partial charge in [0.1, 0.15) is 10.7 Å². The molecule has 0 aliphatic carbocycles. The second-order valence-corrected chi connectivity index (χ2v) is 6.96. The van der Waals surface area contributed by atoms with Crippen molar-refractivity contribution in [2.45, 2.75) is 4.90 Å². The highest BCUT2D eigenvalue weighted by atomic mass is 79.9. The fourth-order valence-corrected chi connectivity index (χ4v) is 3.42.